The molecule has 0 radical (unpaired) electrons. The molecule has 10 nitrogen and oxygen atoms in total. The van der Waals surface area contributed by atoms with Crippen LogP contribution in [0.15, 0.2) is 23.1 Å². The van der Waals surface area contributed by atoms with E-state index in [1.54, 1.807) is 6.07 Å². The van der Waals surface area contributed by atoms with Gasteiger partial charge in [0.15, 0.2) is 5.79 Å². The van der Waals surface area contributed by atoms with Crippen LogP contribution in [-0.4, -0.2) is 78.1 Å². The molecule has 0 amide bonds. The highest BCUT2D eigenvalue weighted by Crippen LogP contribution is 2.27. The Hall–Kier alpha value is -1.75. The molecular weight excluding hydrogens is 456 g/mol. The summed E-state index contributed by atoms with van der Waals surface area (Å²) in [6, 6.07) is 6.22. The Kier molecular flexibility index (Phi) is 7.19. The first-order valence-electron chi connectivity index (χ1n) is 10.4. The average Bonchev–Trinajstić information content (AvgIpc) is 3.04. The summed E-state index contributed by atoms with van der Waals surface area (Å²) in [6.07, 6.45) is 1.46. The minimum absolute atomic E-state index is 0.00420. The van der Waals surface area contributed by atoms with E-state index in [0.717, 1.165) is 0 Å². The first-order valence-corrected chi connectivity index (χ1v) is 13.7. The number of sulfonamides is 2. The molecule has 2 atom stereocenters. The Morgan fingerprint density at radius 1 is 1.25 bits per heavy atom. The van der Waals surface area contributed by atoms with Crippen LogP contribution >= 0.6 is 0 Å². The molecule has 0 aliphatic carbocycles. The maximum Gasteiger partial charge on any atom is 0.240 e. The zero-order valence-corrected chi connectivity index (χ0v) is 20.4. The van der Waals surface area contributed by atoms with Gasteiger partial charge >= 0.3 is 0 Å². The van der Waals surface area contributed by atoms with E-state index < -0.39 is 25.8 Å². The third-order valence-electron chi connectivity index (χ3n) is 5.56. The Balaban J connectivity index is 1.68. The van der Waals surface area contributed by atoms with Gasteiger partial charge in [-0.15, -0.1) is 0 Å². The van der Waals surface area contributed by atoms with Gasteiger partial charge in [0.05, 0.1) is 35.1 Å². The van der Waals surface area contributed by atoms with E-state index in [-0.39, 0.29) is 29.1 Å². The molecule has 2 saturated heterocycles. The second-order valence-corrected chi connectivity index (χ2v) is 12.3. The Morgan fingerprint density at radius 2 is 1.97 bits per heavy atom. The van der Waals surface area contributed by atoms with Crippen molar-refractivity contribution in [2.24, 2.45) is 0 Å². The third kappa shape index (κ3) is 5.78. The summed E-state index contributed by atoms with van der Waals surface area (Å²) in [4.78, 5) is 1.91. The lowest BCUT2D eigenvalue weighted by atomic mass is 10.1. The van der Waals surface area contributed by atoms with E-state index in [1.165, 1.54) is 22.7 Å². The number of nitriles is 1. The molecular formula is C20H30N4O6S2. The Labute approximate surface area is 190 Å². The monoisotopic (exact) mass is 486 g/mol. The van der Waals surface area contributed by atoms with Crippen molar-refractivity contribution in [1.82, 2.24) is 9.03 Å². The normalized spacial score (nSPS) is 24.4. The van der Waals surface area contributed by atoms with Crippen molar-refractivity contribution in [2.45, 2.75) is 50.0 Å². The number of benzene rings is 1. The summed E-state index contributed by atoms with van der Waals surface area (Å²) in [5.41, 5.74) is 0.812. The number of nitrogens with zero attached hydrogens (tertiary/aromatic N) is 3. The summed E-state index contributed by atoms with van der Waals surface area (Å²) in [7, 11) is -7.11. The lowest BCUT2D eigenvalue weighted by Crippen LogP contribution is -2.53. The zero-order valence-electron chi connectivity index (χ0n) is 18.7. The van der Waals surface area contributed by atoms with Gasteiger partial charge in [-0.3, -0.25) is 0 Å². The van der Waals surface area contributed by atoms with Crippen molar-refractivity contribution in [1.29, 1.82) is 5.26 Å². The van der Waals surface area contributed by atoms with Crippen LogP contribution < -0.4 is 9.62 Å². The van der Waals surface area contributed by atoms with Crippen LogP contribution in [0.2, 0.25) is 0 Å². The molecule has 2 aliphatic rings. The predicted molar refractivity (Wildman–Crippen MR) is 119 cm³/mol. The molecule has 2 fully saturated rings. The fourth-order valence-electron chi connectivity index (χ4n) is 4.04. The van der Waals surface area contributed by atoms with Gasteiger partial charge in [-0.05, 0) is 45.4 Å². The van der Waals surface area contributed by atoms with Gasteiger partial charge in [0.2, 0.25) is 20.0 Å². The molecule has 0 saturated carbocycles. The smallest absolute Gasteiger partial charge is 0.240 e. The quantitative estimate of drug-likeness (QED) is 0.601. The second kappa shape index (κ2) is 9.24. The summed E-state index contributed by atoms with van der Waals surface area (Å²) >= 11 is 0. The molecule has 1 aromatic rings. The largest absolute Gasteiger partial charge is 0.368 e. The molecule has 0 spiro atoms. The number of hydrogen-bond donors (Lipinski definition) is 1. The Morgan fingerprint density at radius 3 is 2.53 bits per heavy atom. The fraction of sp³-hybridized carbons (Fsp3) is 0.650. The molecule has 32 heavy (non-hydrogen) atoms. The lowest BCUT2D eigenvalue weighted by molar-refractivity contribution is -0.138. The van der Waals surface area contributed by atoms with E-state index in [4.69, 9.17) is 9.47 Å². The summed E-state index contributed by atoms with van der Waals surface area (Å²) in [6.45, 7) is 7.14. The highest BCUT2D eigenvalue weighted by Gasteiger charge is 2.33. The summed E-state index contributed by atoms with van der Waals surface area (Å²) in [5.74, 6) is -0.661. The minimum atomic E-state index is -3.80. The van der Waals surface area contributed by atoms with Crippen LogP contribution in [0.1, 0.15) is 32.8 Å². The van der Waals surface area contributed by atoms with Crippen molar-refractivity contribution in [3.63, 3.8) is 0 Å². The molecule has 12 heteroatoms. The number of ether oxygens (including phenoxy) is 2. The number of nitrogens with one attached hydrogen (secondary N) is 1. The molecule has 0 unspecified atom stereocenters. The fourth-order valence-corrected chi connectivity index (χ4v) is 6.25. The van der Waals surface area contributed by atoms with Crippen LogP contribution in [0.5, 0.6) is 0 Å². The van der Waals surface area contributed by atoms with Gasteiger partial charge in [-0.2, -0.15) is 9.57 Å². The molecule has 2 aliphatic heterocycles. The molecule has 2 heterocycles. The SMILES string of the molecule is C[C@@H]1CN(c2ccc(S(=O)(=O)NCC[C@H]3COC(C)(C)O3)cc2C#N)CCN1S(C)(=O)=O. The predicted octanol–water partition coefficient (Wildman–Crippen LogP) is 0.848. The van der Waals surface area contributed by atoms with Gasteiger partial charge in [-0.1, -0.05) is 0 Å². The van der Waals surface area contributed by atoms with Crippen molar-refractivity contribution < 1.29 is 26.3 Å². The number of rotatable bonds is 7. The first kappa shape index (κ1) is 24.9. The molecule has 1 N–H and O–H groups in total. The topological polar surface area (TPSA) is 129 Å². The van der Waals surface area contributed by atoms with Gasteiger partial charge in [0, 0.05) is 32.2 Å². The van der Waals surface area contributed by atoms with Crippen molar-refractivity contribution in [3.05, 3.63) is 23.8 Å². The van der Waals surface area contributed by atoms with Crippen molar-refractivity contribution >= 4 is 25.7 Å². The average molecular weight is 487 g/mol. The zero-order chi connectivity index (χ0) is 23.7. The van der Waals surface area contributed by atoms with Gasteiger partial charge in [0.25, 0.3) is 0 Å². The molecule has 178 valence electrons. The van der Waals surface area contributed by atoms with Crippen LogP contribution in [0.4, 0.5) is 5.69 Å². The number of anilines is 1. The van der Waals surface area contributed by atoms with Crippen LogP contribution in [0.25, 0.3) is 0 Å². The van der Waals surface area contributed by atoms with Gasteiger partial charge < -0.3 is 14.4 Å². The van der Waals surface area contributed by atoms with Crippen molar-refractivity contribution in [2.75, 3.05) is 43.9 Å². The summed E-state index contributed by atoms with van der Waals surface area (Å²) in [5, 5.41) is 9.63. The van der Waals surface area contributed by atoms with Gasteiger partial charge in [-0.25, -0.2) is 21.6 Å². The lowest BCUT2D eigenvalue weighted by Gasteiger charge is -2.39. The van der Waals surface area contributed by atoms with Gasteiger partial charge in [0.1, 0.15) is 6.07 Å². The number of hydrogen-bond acceptors (Lipinski definition) is 8. The third-order valence-corrected chi connectivity index (χ3v) is 8.41. The van der Waals surface area contributed by atoms with Crippen LogP contribution in [0, 0.1) is 11.3 Å². The maximum absolute atomic E-state index is 12.7. The van der Waals surface area contributed by atoms with Crippen molar-refractivity contribution in [3.8, 4) is 6.07 Å². The van der Waals surface area contributed by atoms with E-state index in [1.807, 2.05) is 25.7 Å². The summed E-state index contributed by atoms with van der Waals surface area (Å²) < 4.78 is 64.3. The number of piperazine rings is 1. The van der Waals surface area contributed by atoms with E-state index >= 15 is 0 Å². The molecule has 0 aromatic heterocycles. The standard InChI is InChI=1S/C20H30N4O6S2/c1-15-13-23(9-10-24(15)31(4,25)26)19-6-5-18(11-16(19)12-21)32(27,28)22-8-7-17-14-29-20(2,3)30-17/h5-6,11,15,17,22H,7-10,13-14H2,1-4H3/t15-,17+/m1/s1. The Bertz CT molecular complexity index is 1100. The van der Waals surface area contributed by atoms with Crippen LogP contribution in [0.3, 0.4) is 0 Å². The van der Waals surface area contributed by atoms with E-state index in [0.29, 0.717) is 38.3 Å². The maximum atomic E-state index is 12.7. The minimum Gasteiger partial charge on any atom is -0.368 e. The van der Waals surface area contributed by atoms with E-state index in [2.05, 4.69) is 10.8 Å². The highest BCUT2D eigenvalue weighted by atomic mass is 32.2. The first-order chi connectivity index (χ1) is 14.8. The molecule has 3 rings (SSSR count). The van der Waals surface area contributed by atoms with Crippen LogP contribution in [-0.2, 0) is 29.5 Å². The van der Waals surface area contributed by atoms with E-state index in [9.17, 15) is 22.1 Å². The second-order valence-electron chi connectivity index (χ2n) is 8.60. The molecule has 0 bridgehead atoms. The molecule has 1 aromatic carbocycles. The highest BCUT2D eigenvalue weighted by molar-refractivity contribution is 7.89.